The van der Waals surface area contributed by atoms with Gasteiger partial charge in [0.25, 0.3) is 0 Å². The molecule has 8 nitrogen and oxygen atoms in total. The molecule has 3 saturated heterocycles. The average molecular weight is 297 g/mol. The number of aliphatic hydroxyl groups excluding tert-OH is 1. The van der Waals surface area contributed by atoms with Crippen molar-refractivity contribution in [3.8, 4) is 0 Å². The molecule has 0 bridgehead atoms. The lowest BCUT2D eigenvalue weighted by Gasteiger charge is -2.40. The summed E-state index contributed by atoms with van der Waals surface area (Å²) in [5.74, 6) is -0.607. The van der Waals surface area contributed by atoms with Gasteiger partial charge in [-0.3, -0.25) is 14.4 Å². The minimum Gasteiger partial charge on any atom is -0.391 e. The standard InChI is InChI=1S/C13H19N3O5/c1-21-6-10(18)14-8-2-3-15-11(8)13(20)16-5-7(17)4-9(16)12(15)19/h7-9,11,17H,2-6H2,1H3,(H,14,18). The molecule has 4 atom stereocenters. The van der Waals surface area contributed by atoms with E-state index < -0.39 is 18.2 Å². The number of carbonyl (C=O) groups is 3. The number of amides is 3. The van der Waals surface area contributed by atoms with Gasteiger partial charge in [0.1, 0.15) is 18.7 Å². The van der Waals surface area contributed by atoms with Crippen LogP contribution in [0.4, 0.5) is 0 Å². The second-order valence-corrected chi connectivity index (χ2v) is 5.77. The first kappa shape index (κ1) is 14.3. The van der Waals surface area contributed by atoms with Crippen LogP contribution in [0.15, 0.2) is 0 Å². The van der Waals surface area contributed by atoms with Crippen molar-refractivity contribution >= 4 is 17.7 Å². The molecule has 0 aromatic carbocycles. The summed E-state index contributed by atoms with van der Waals surface area (Å²) in [7, 11) is 1.42. The number of aliphatic hydroxyl groups is 1. The minimum atomic E-state index is -0.653. The fourth-order valence-electron chi connectivity index (χ4n) is 3.53. The first-order chi connectivity index (χ1) is 10.0. The highest BCUT2D eigenvalue weighted by molar-refractivity contribution is 5.99. The summed E-state index contributed by atoms with van der Waals surface area (Å²) in [6, 6.07) is -1.58. The SMILES string of the molecule is COCC(=O)NC1CCN2C(=O)C3CC(O)CN3C(=O)C12. The number of ether oxygens (including phenoxy) is 1. The van der Waals surface area contributed by atoms with Gasteiger partial charge < -0.3 is 25.0 Å². The molecular formula is C13H19N3O5. The Bertz CT molecular complexity index is 482. The van der Waals surface area contributed by atoms with Crippen molar-refractivity contribution in [2.24, 2.45) is 0 Å². The quantitative estimate of drug-likeness (QED) is 0.610. The molecule has 3 fully saturated rings. The lowest BCUT2D eigenvalue weighted by Crippen LogP contribution is -2.64. The first-order valence-corrected chi connectivity index (χ1v) is 7.10. The number of hydrogen-bond donors (Lipinski definition) is 2. The third-order valence-corrected chi connectivity index (χ3v) is 4.40. The molecule has 0 aliphatic carbocycles. The molecule has 0 radical (unpaired) electrons. The van der Waals surface area contributed by atoms with Crippen LogP contribution in [-0.4, -0.2) is 83.7 Å². The maximum absolute atomic E-state index is 12.6. The van der Waals surface area contributed by atoms with Crippen molar-refractivity contribution in [3.05, 3.63) is 0 Å². The molecule has 3 amide bonds. The Morgan fingerprint density at radius 2 is 2.14 bits per heavy atom. The van der Waals surface area contributed by atoms with Crippen LogP contribution >= 0.6 is 0 Å². The summed E-state index contributed by atoms with van der Waals surface area (Å²) in [6.07, 6.45) is 0.208. The van der Waals surface area contributed by atoms with Crippen LogP contribution in [0.5, 0.6) is 0 Å². The van der Waals surface area contributed by atoms with Gasteiger partial charge in [-0.1, -0.05) is 0 Å². The molecule has 3 rings (SSSR count). The Morgan fingerprint density at radius 3 is 2.86 bits per heavy atom. The Hall–Kier alpha value is -1.67. The highest BCUT2D eigenvalue weighted by Gasteiger charge is 2.54. The molecule has 116 valence electrons. The zero-order valence-corrected chi connectivity index (χ0v) is 11.8. The second kappa shape index (κ2) is 5.27. The van der Waals surface area contributed by atoms with Crippen LogP contribution in [0.3, 0.4) is 0 Å². The molecule has 3 aliphatic rings. The Labute approximate surface area is 122 Å². The van der Waals surface area contributed by atoms with E-state index in [1.807, 2.05) is 0 Å². The third-order valence-electron chi connectivity index (χ3n) is 4.40. The van der Waals surface area contributed by atoms with E-state index >= 15 is 0 Å². The van der Waals surface area contributed by atoms with Gasteiger partial charge in [0, 0.05) is 26.6 Å². The van der Waals surface area contributed by atoms with Gasteiger partial charge in [-0.2, -0.15) is 0 Å². The van der Waals surface area contributed by atoms with Crippen LogP contribution in [0.25, 0.3) is 0 Å². The molecule has 8 heteroatoms. The van der Waals surface area contributed by atoms with Gasteiger partial charge in [-0.15, -0.1) is 0 Å². The van der Waals surface area contributed by atoms with E-state index in [1.54, 1.807) is 4.90 Å². The summed E-state index contributed by atoms with van der Waals surface area (Å²) in [5, 5.41) is 12.4. The summed E-state index contributed by atoms with van der Waals surface area (Å²) >= 11 is 0. The Kier molecular flexibility index (Phi) is 3.58. The summed E-state index contributed by atoms with van der Waals surface area (Å²) < 4.78 is 4.76. The fraction of sp³-hybridized carbons (Fsp3) is 0.769. The van der Waals surface area contributed by atoms with E-state index in [0.717, 1.165) is 0 Å². The topological polar surface area (TPSA) is 99.2 Å². The minimum absolute atomic E-state index is 0.0730. The van der Waals surface area contributed by atoms with Crippen molar-refractivity contribution in [1.82, 2.24) is 15.1 Å². The maximum atomic E-state index is 12.6. The number of piperazine rings is 1. The molecule has 3 heterocycles. The normalized spacial score (nSPS) is 35.0. The Balaban J connectivity index is 1.77. The number of hydrogen-bond acceptors (Lipinski definition) is 5. The predicted octanol–water partition coefficient (Wildman–Crippen LogP) is -2.31. The van der Waals surface area contributed by atoms with Crippen molar-refractivity contribution < 1.29 is 24.2 Å². The van der Waals surface area contributed by atoms with Crippen LogP contribution in [0.2, 0.25) is 0 Å². The molecule has 3 aliphatic heterocycles. The monoisotopic (exact) mass is 297 g/mol. The highest BCUT2D eigenvalue weighted by atomic mass is 16.5. The second-order valence-electron chi connectivity index (χ2n) is 5.77. The lowest BCUT2D eigenvalue weighted by atomic mass is 10.0. The number of fused-ring (bicyclic) bond motifs is 2. The van der Waals surface area contributed by atoms with Gasteiger partial charge in [0.05, 0.1) is 12.1 Å². The van der Waals surface area contributed by atoms with Crippen molar-refractivity contribution in [1.29, 1.82) is 0 Å². The van der Waals surface area contributed by atoms with Gasteiger partial charge in [0.15, 0.2) is 0 Å². The van der Waals surface area contributed by atoms with Gasteiger partial charge in [-0.25, -0.2) is 0 Å². The average Bonchev–Trinajstić information content (AvgIpc) is 3.01. The maximum Gasteiger partial charge on any atom is 0.248 e. The first-order valence-electron chi connectivity index (χ1n) is 7.10. The van der Waals surface area contributed by atoms with Gasteiger partial charge >= 0.3 is 0 Å². The summed E-state index contributed by atoms with van der Waals surface area (Å²) in [6.45, 7) is 0.572. The van der Waals surface area contributed by atoms with Crippen molar-refractivity contribution in [2.45, 2.75) is 37.1 Å². The number of carbonyl (C=O) groups excluding carboxylic acids is 3. The van der Waals surface area contributed by atoms with E-state index in [-0.39, 0.29) is 36.9 Å². The van der Waals surface area contributed by atoms with E-state index in [0.29, 0.717) is 19.4 Å². The van der Waals surface area contributed by atoms with Crippen LogP contribution in [-0.2, 0) is 19.1 Å². The molecule has 0 aromatic rings. The highest BCUT2D eigenvalue weighted by Crippen LogP contribution is 2.32. The number of methoxy groups -OCH3 is 1. The molecule has 0 aromatic heterocycles. The molecule has 0 saturated carbocycles. The molecule has 0 spiro atoms. The van der Waals surface area contributed by atoms with Crippen LogP contribution in [0, 0.1) is 0 Å². The van der Waals surface area contributed by atoms with E-state index in [2.05, 4.69) is 5.32 Å². The summed E-state index contributed by atoms with van der Waals surface area (Å²) in [4.78, 5) is 39.6. The van der Waals surface area contributed by atoms with E-state index in [9.17, 15) is 19.5 Å². The van der Waals surface area contributed by atoms with Gasteiger partial charge in [0.2, 0.25) is 17.7 Å². The molecule has 4 unspecified atom stereocenters. The fourth-order valence-corrected chi connectivity index (χ4v) is 3.53. The van der Waals surface area contributed by atoms with Crippen LogP contribution in [0.1, 0.15) is 12.8 Å². The smallest absolute Gasteiger partial charge is 0.248 e. The zero-order chi connectivity index (χ0) is 15.1. The number of rotatable bonds is 3. The Morgan fingerprint density at radius 1 is 1.38 bits per heavy atom. The largest absolute Gasteiger partial charge is 0.391 e. The predicted molar refractivity (Wildman–Crippen MR) is 70.0 cm³/mol. The van der Waals surface area contributed by atoms with Crippen LogP contribution < -0.4 is 5.32 Å². The lowest BCUT2D eigenvalue weighted by molar-refractivity contribution is -0.157. The zero-order valence-electron chi connectivity index (χ0n) is 11.8. The molecule has 2 N–H and O–H groups in total. The molecule has 21 heavy (non-hydrogen) atoms. The van der Waals surface area contributed by atoms with Gasteiger partial charge in [-0.05, 0) is 6.42 Å². The van der Waals surface area contributed by atoms with Crippen molar-refractivity contribution in [3.63, 3.8) is 0 Å². The van der Waals surface area contributed by atoms with E-state index in [1.165, 1.54) is 12.0 Å². The third kappa shape index (κ3) is 2.28. The molecular weight excluding hydrogens is 278 g/mol. The van der Waals surface area contributed by atoms with E-state index in [4.69, 9.17) is 4.74 Å². The van der Waals surface area contributed by atoms with Crippen molar-refractivity contribution in [2.75, 3.05) is 26.8 Å². The number of nitrogens with one attached hydrogen (secondary N) is 1. The number of nitrogens with zero attached hydrogens (tertiary/aromatic N) is 2. The summed E-state index contributed by atoms with van der Waals surface area (Å²) in [5.41, 5.74) is 0.